The van der Waals surface area contributed by atoms with Gasteiger partial charge < -0.3 is 10.7 Å². The fraction of sp³-hybridized carbons (Fsp3) is 0.167. The highest BCUT2D eigenvalue weighted by Crippen LogP contribution is 2.23. The molecule has 1 heterocycles. The highest BCUT2D eigenvalue weighted by molar-refractivity contribution is 7.99. The van der Waals surface area contributed by atoms with E-state index in [4.69, 9.17) is 5.84 Å². The van der Waals surface area contributed by atoms with Crippen LogP contribution in [0.2, 0.25) is 0 Å². The Balaban J connectivity index is 1.71. The quantitative estimate of drug-likeness (QED) is 0.532. The molecule has 0 aliphatic rings. The Labute approximate surface area is 154 Å². The monoisotopic (exact) mass is 371 g/mol. The van der Waals surface area contributed by atoms with E-state index in [1.165, 1.54) is 28.6 Å². The van der Waals surface area contributed by atoms with Crippen molar-refractivity contribution in [2.24, 2.45) is 0 Å². The summed E-state index contributed by atoms with van der Waals surface area (Å²) in [5.74, 6) is 6.09. The topological polar surface area (TPSA) is 77.0 Å². The number of nitrogens with zero attached hydrogens (tertiary/aromatic N) is 4. The molecule has 2 aromatic carbocycles. The summed E-state index contributed by atoms with van der Waals surface area (Å²) in [6.45, 7) is 2.48. The Kier molecular flexibility index (Phi) is 5.52. The number of benzene rings is 2. The summed E-state index contributed by atoms with van der Waals surface area (Å²) in [5, 5.41) is 8.40. The van der Waals surface area contributed by atoms with Crippen LogP contribution in [0.15, 0.2) is 59.8 Å². The molecule has 0 saturated heterocycles. The first kappa shape index (κ1) is 17.9. The largest absolute Gasteiger partial charge is 0.335 e. The average molecular weight is 371 g/mol. The van der Waals surface area contributed by atoms with Gasteiger partial charge in [-0.3, -0.25) is 4.79 Å². The molecule has 0 atom stereocenters. The van der Waals surface area contributed by atoms with Gasteiger partial charge in [-0.15, -0.1) is 10.2 Å². The van der Waals surface area contributed by atoms with Crippen molar-refractivity contribution in [3.8, 4) is 11.4 Å². The minimum Gasteiger partial charge on any atom is -0.335 e. The molecular weight excluding hydrogens is 353 g/mol. The first-order valence-electron chi connectivity index (χ1n) is 8.04. The number of aromatic nitrogens is 3. The number of anilines is 1. The van der Waals surface area contributed by atoms with E-state index in [0.717, 1.165) is 5.69 Å². The zero-order chi connectivity index (χ0) is 18.5. The third-order valence-corrected chi connectivity index (χ3v) is 4.69. The lowest BCUT2D eigenvalue weighted by Crippen LogP contribution is -2.32. The number of rotatable bonds is 6. The number of nitrogen functional groups attached to an aromatic ring is 1. The summed E-state index contributed by atoms with van der Waals surface area (Å²) in [7, 11) is 0. The van der Waals surface area contributed by atoms with Gasteiger partial charge >= 0.3 is 0 Å². The molecule has 0 spiro atoms. The minimum absolute atomic E-state index is 0.0565. The van der Waals surface area contributed by atoms with Crippen LogP contribution in [0.25, 0.3) is 11.4 Å². The molecule has 1 amide bonds. The van der Waals surface area contributed by atoms with Gasteiger partial charge in [0.1, 0.15) is 5.82 Å². The van der Waals surface area contributed by atoms with E-state index < -0.39 is 0 Å². The molecule has 6 nitrogen and oxygen atoms in total. The first-order valence-corrected chi connectivity index (χ1v) is 9.03. The maximum atomic E-state index is 13.4. The van der Waals surface area contributed by atoms with Gasteiger partial charge in [0.15, 0.2) is 5.82 Å². The Morgan fingerprint density at radius 3 is 2.65 bits per heavy atom. The van der Waals surface area contributed by atoms with Gasteiger partial charge in [-0.1, -0.05) is 42.1 Å². The molecule has 134 valence electrons. The zero-order valence-electron chi connectivity index (χ0n) is 14.2. The lowest BCUT2D eigenvalue weighted by molar-refractivity contribution is -0.116. The van der Waals surface area contributed by atoms with E-state index in [0.29, 0.717) is 23.1 Å². The second-order valence-corrected chi connectivity index (χ2v) is 6.39. The molecule has 0 radical (unpaired) electrons. The number of carbonyl (C=O) groups is 1. The zero-order valence-corrected chi connectivity index (χ0v) is 15.0. The summed E-state index contributed by atoms with van der Waals surface area (Å²) in [6.07, 6.45) is 0. The van der Waals surface area contributed by atoms with E-state index in [9.17, 15) is 9.18 Å². The van der Waals surface area contributed by atoms with E-state index in [1.54, 1.807) is 17.0 Å². The van der Waals surface area contributed by atoms with E-state index in [-0.39, 0.29) is 17.5 Å². The molecule has 3 aromatic rings. The second kappa shape index (κ2) is 8.01. The second-order valence-electron chi connectivity index (χ2n) is 5.45. The lowest BCUT2D eigenvalue weighted by Gasteiger charge is -2.20. The van der Waals surface area contributed by atoms with Gasteiger partial charge in [-0.05, 0) is 31.2 Å². The van der Waals surface area contributed by atoms with Crippen molar-refractivity contribution in [3.63, 3.8) is 0 Å². The Morgan fingerprint density at radius 1 is 1.19 bits per heavy atom. The van der Waals surface area contributed by atoms with Crippen molar-refractivity contribution in [2.75, 3.05) is 23.0 Å². The summed E-state index contributed by atoms with van der Waals surface area (Å²) in [6, 6.07) is 15.4. The number of hydrogen-bond donors (Lipinski definition) is 1. The van der Waals surface area contributed by atoms with Crippen LogP contribution in [-0.4, -0.2) is 33.1 Å². The number of amides is 1. The highest BCUT2D eigenvalue weighted by atomic mass is 32.2. The lowest BCUT2D eigenvalue weighted by atomic mass is 10.2. The molecule has 1 aromatic heterocycles. The summed E-state index contributed by atoms with van der Waals surface area (Å²) in [5.41, 5.74) is 1.37. The van der Waals surface area contributed by atoms with Gasteiger partial charge in [0, 0.05) is 17.8 Å². The summed E-state index contributed by atoms with van der Waals surface area (Å²) >= 11 is 1.19. The van der Waals surface area contributed by atoms with Gasteiger partial charge in [0.2, 0.25) is 11.1 Å². The number of halogens is 1. The smallest absolute Gasteiger partial charge is 0.237 e. The van der Waals surface area contributed by atoms with Gasteiger partial charge in [0.05, 0.1) is 5.75 Å². The maximum Gasteiger partial charge on any atom is 0.237 e. The number of hydrogen-bond acceptors (Lipinski definition) is 5. The van der Waals surface area contributed by atoms with Crippen LogP contribution < -0.4 is 10.7 Å². The van der Waals surface area contributed by atoms with Gasteiger partial charge in [0.25, 0.3) is 0 Å². The number of para-hydroxylation sites is 1. The van der Waals surface area contributed by atoms with Crippen LogP contribution in [0.3, 0.4) is 0 Å². The van der Waals surface area contributed by atoms with Crippen LogP contribution in [0, 0.1) is 5.82 Å². The minimum atomic E-state index is -0.378. The Morgan fingerprint density at radius 2 is 1.96 bits per heavy atom. The van der Waals surface area contributed by atoms with Crippen LogP contribution in [-0.2, 0) is 4.79 Å². The van der Waals surface area contributed by atoms with Crippen molar-refractivity contribution in [2.45, 2.75) is 12.1 Å². The van der Waals surface area contributed by atoms with E-state index in [1.807, 2.05) is 37.3 Å². The fourth-order valence-electron chi connectivity index (χ4n) is 2.51. The molecular formula is C18H18FN5OS. The van der Waals surface area contributed by atoms with Crippen LogP contribution in [0.5, 0.6) is 0 Å². The van der Waals surface area contributed by atoms with Gasteiger partial charge in [-0.25, -0.2) is 9.07 Å². The van der Waals surface area contributed by atoms with Crippen molar-refractivity contribution in [1.82, 2.24) is 14.9 Å². The van der Waals surface area contributed by atoms with Gasteiger partial charge in [-0.2, -0.15) is 0 Å². The molecule has 0 fully saturated rings. The Hall–Kier alpha value is -2.87. The fourth-order valence-corrected chi connectivity index (χ4v) is 3.25. The van der Waals surface area contributed by atoms with Crippen molar-refractivity contribution >= 4 is 23.4 Å². The standard InChI is InChI=1S/C18H18FN5OS/c1-2-23(15-9-4-3-5-10-15)16(25)12-26-18-22-21-17(24(18)20)13-7-6-8-14(19)11-13/h3-11H,2,12,20H2,1H3. The molecule has 8 heteroatoms. The third kappa shape index (κ3) is 3.85. The van der Waals surface area contributed by atoms with Crippen molar-refractivity contribution < 1.29 is 9.18 Å². The Bertz CT molecular complexity index is 900. The van der Waals surface area contributed by atoms with E-state index >= 15 is 0 Å². The third-order valence-electron chi connectivity index (χ3n) is 3.76. The average Bonchev–Trinajstić information content (AvgIpc) is 3.02. The number of carbonyl (C=O) groups excluding carboxylic acids is 1. The maximum absolute atomic E-state index is 13.4. The molecule has 0 aliphatic heterocycles. The molecule has 26 heavy (non-hydrogen) atoms. The molecule has 0 unspecified atom stereocenters. The normalized spacial score (nSPS) is 10.7. The number of thioether (sulfide) groups is 1. The SMILES string of the molecule is CCN(C(=O)CSc1nnc(-c2cccc(F)c2)n1N)c1ccccc1. The molecule has 0 bridgehead atoms. The summed E-state index contributed by atoms with van der Waals surface area (Å²) in [4.78, 5) is 14.2. The van der Waals surface area contributed by atoms with Crippen molar-refractivity contribution in [1.29, 1.82) is 0 Å². The van der Waals surface area contributed by atoms with Crippen LogP contribution in [0.4, 0.5) is 10.1 Å². The molecule has 3 rings (SSSR count). The molecule has 0 saturated carbocycles. The van der Waals surface area contributed by atoms with Crippen LogP contribution in [0.1, 0.15) is 6.92 Å². The molecule has 0 aliphatic carbocycles. The van der Waals surface area contributed by atoms with E-state index in [2.05, 4.69) is 10.2 Å². The first-order chi connectivity index (χ1) is 12.6. The predicted octanol–water partition coefficient (Wildman–Crippen LogP) is 2.94. The molecule has 2 N–H and O–H groups in total. The van der Waals surface area contributed by atoms with Crippen LogP contribution >= 0.6 is 11.8 Å². The summed E-state index contributed by atoms with van der Waals surface area (Å²) < 4.78 is 14.6. The van der Waals surface area contributed by atoms with Crippen molar-refractivity contribution in [3.05, 3.63) is 60.4 Å². The highest BCUT2D eigenvalue weighted by Gasteiger charge is 2.17. The predicted molar refractivity (Wildman–Crippen MR) is 101 cm³/mol. The number of nitrogens with two attached hydrogens (primary N) is 1.